The molecule has 1 amide bonds. The molecule has 0 atom stereocenters. The lowest BCUT2D eigenvalue weighted by Crippen LogP contribution is -2.19. The summed E-state index contributed by atoms with van der Waals surface area (Å²) in [6, 6.07) is 15.2. The Bertz CT molecular complexity index is 967. The highest BCUT2D eigenvalue weighted by molar-refractivity contribution is 6.03. The van der Waals surface area contributed by atoms with E-state index in [-0.39, 0.29) is 11.3 Å². The van der Waals surface area contributed by atoms with Crippen LogP contribution in [0.15, 0.2) is 60.8 Å². The standard InChI is InChI=1S/C20H18F3N3O2/c1-14-4-2-5-15(10-14)12-26-9-8-18(25-26)24-19(27)16-6-3-7-17(11-16)28-13-20(21,22)23/h2-11H,12-13H2,1H3,(H,24,25,27). The number of rotatable bonds is 6. The number of nitrogens with zero attached hydrogens (tertiary/aromatic N) is 2. The second kappa shape index (κ2) is 8.16. The third-order valence-electron chi connectivity index (χ3n) is 3.81. The molecule has 0 radical (unpaired) electrons. The number of carbonyl (C=O) groups excluding carboxylic acids is 1. The summed E-state index contributed by atoms with van der Waals surface area (Å²) in [6.07, 6.45) is -2.71. The minimum atomic E-state index is -4.44. The van der Waals surface area contributed by atoms with Gasteiger partial charge < -0.3 is 10.1 Å². The molecule has 8 heteroatoms. The molecule has 0 fully saturated rings. The number of ether oxygens (including phenoxy) is 1. The Balaban J connectivity index is 1.63. The summed E-state index contributed by atoms with van der Waals surface area (Å²) in [6.45, 7) is 1.14. The van der Waals surface area contributed by atoms with Crippen molar-refractivity contribution in [3.8, 4) is 5.75 Å². The molecule has 0 bridgehead atoms. The molecule has 0 saturated carbocycles. The van der Waals surface area contributed by atoms with Crippen LogP contribution in [0.3, 0.4) is 0 Å². The smallest absolute Gasteiger partial charge is 0.422 e. The number of aryl methyl sites for hydroxylation is 1. The minimum Gasteiger partial charge on any atom is -0.484 e. The van der Waals surface area contributed by atoms with Gasteiger partial charge in [-0.15, -0.1) is 0 Å². The molecule has 3 aromatic rings. The van der Waals surface area contributed by atoms with Gasteiger partial charge in [0.25, 0.3) is 5.91 Å². The molecule has 0 aliphatic heterocycles. The molecule has 146 valence electrons. The molecule has 0 aliphatic carbocycles. The second-order valence-electron chi connectivity index (χ2n) is 6.27. The Morgan fingerprint density at radius 3 is 2.68 bits per heavy atom. The van der Waals surface area contributed by atoms with Crippen LogP contribution in [-0.4, -0.2) is 28.5 Å². The number of benzene rings is 2. The van der Waals surface area contributed by atoms with E-state index in [1.807, 2.05) is 31.2 Å². The number of hydrogen-bond acceptors (Lipinski definition) is 3. The first-order valence-corrected chi connectivity index (χ1v) is 8.48. The lowest BCUT2D eigenvalue weighted by Gasteiger charge is -2.10. The minimum absolute atomic E-state index is 0.0325. The average Bonchev–Trinajstić information content (AvgIpc) is 3.06. The maximum absolute atomic E-state index is 12.3. The lowest BCUT2D eigenvalue weighted by atomic mass is 10.1. The molecule has 1 heterocycles. The van der Waals surface area contributed by atoms with Gasteiger partial charge in [-0.3, -0.25) is 9.48 Å². The van der Waals surface area contributed by atoms with Crippen molar-refractivity contribution in [2.75, 3.05) is 11.9 Å². The molecule has 0 aliphatic rings. The van der Waals surface area contributed by atoms with Gasteiger partial charge in [-0.2, -0.15) is 18.3 Å². The third-order valence-corrected chi connectivity index (χ3v) is 3.81. The van der Waals surface area contributed by atoms with E-state index in [1.54, 1.807) is 16.9 Å². The van der Waals surface area contributed by atoms with Crippen LogP contribution in [0.4, 0.5) is 19.0 Å². The third kappa shape index (κ3) is 5.60. The fraction of sp³-hybridized carbons (Fsp3) is 0.200. The van der Waals surface area contributed by atoms with Gasteiger partial charge in [0.1, 0.15) is 5.75 Å². The van der Waals surface area contributed by atoms with Crippen LogP contribution in [0.2, 0.25) is 0 Å². The molecule has 1 aromatic heterocycles. The maximum atomic E-state index is 12.3. The van der Waals surface area contributed by atoms with E-state index < -0.39 is 18.7 Å². The van der Waals surface area contributed by atoms with Crippen molar-refractivity contribution in [1.29, 1.82) is 0 Å². The van der Waals surface area contributed by atoms with E-state index in [4.69, 9.17) is 0 Å². The Morgan fingerprint density at radius 1 is 1.14 bits per heavy atom. The highest BCUT2D eigenvalue weighted by Crippen LogP contribution is 2.20. The van der Waals surface area contributed by atoms with Crippen LogP contribution in [0.1, 0.15) is 21.5 Å². The first-order valence-electron chi connectivity index (χ1n) is 8.48. The topological polar surface area (TPSA) is 56.2 Å². The van der Waals surface area contributed by atoms with Crippen LogP contribution in [0, 0.1) is 6.92 Å². The Morgan fingerprint density at radius 2 is 1.93 bits per heavy atom. The number of anilines is 1. The summed E-state index contributed by atoms with van der Waals surface area (Å²) in [5.41, 5.74) is 2.40. The van der Waals surface area contributed by atoms with E-state index in [1.165, 1.54) is 24.3 Å². The number of nitrogens with one attached hydrogen (secondary N) is 1. The average molecular weight is 389 g/mol. The van der Waals surface area contributed by atoms with E-state index >= 15 is 0 Å². The summed E-state index contributed by atoms with van der Waals surface area (Å²) in [5.74, 6) is -0.174. The van der Waals surface area contributed by atoms with Gasteiger partial charge >= 0.3 is 6.18 Å². The SMILES string of the molecule is Cc1cccc(Cn2ccc(NC(=O)c3cccc(OCC(F)(F)F)c3)n2)c1. The van der Waals surface area contributed by atoms with Crippen LogP contribution < -0.4 is 10.1 Å². The summed E-state index contributed by atoms with van der Waals surface area (Å²) < 4.78 is 43.1. The summed E-state index contributed by atoms with van der Waals surface area (Å²) in [7, 11) is 0. The van der Waals surface area contributed by atoms with Crippen molar-refractivity contribution < 1.29 is 22.7 Å². The first kappa shape index (κ1) is 19.5. The Kier molecular flexibility index (Phi) is 5.67. The Hall–Kier alpha value is -3.29. The number of carbonyl (C=O) groups is 1. The van der Waals surface area contributed by atoms with Crippen molar-refractivity contribution in [3.05, 3.63) is 77.5 Å². The fourth-order valence-corrected chi connectivity index (χ4v) is 2.59. The lowest BCUT2D eigenvalue weighted by molar-refractivity contribution is -0.153. The second-order valence-corrected chi connectivity index (χ2v) is 6.27. The molecular weight excluding hydrogens is 371 g/mol. The van der Waals surface area contributed by atoms with Crippen molar-refractivity contribution in [2.24, 2.45) is 0 Å². The number of hydrogen-bond donors (Lipinski definition) is 1. The highest BCUT2D eigenvalue weighted by Gasteiger charge is 2.28. The van der Waals surface area contributed by atoms with E-state index in [9.17, 15) is 18.0 Å². The number of amides is 1. The van der Waals surface area contributed by atoms with Gasteiger partial charge in [-0.05, 0) is 30.7 Å². The van der Waals surface area contributed by atoms with E-state index in [0.29, 0.717) is 12.4 Å². The molecule has 28 heavy (non-hydrogen) atoms. The predicted octanol–water partition coefficient (Wildman–Crippen LogP) is 4.43. The van der Waals surface area contributed by atoms with Gasteiger partial charge in [0.2, 0.25) is 0 Å². The molecular formula is C20H18F3N3O2. The monoisotopic (exact) mass is 389 g/mol. The zero-order valence-corrected chi connectivity index (χ0v) is 15.0. The number of alkyl halides is 3. The largest absolute Gasteiger partial charge is 0.484 e. The molecule has 2 aromatic carbocycles. The van der Waals surface area contributed by atoms with E-state index in [0.717, 1.165) is 11.1 Å². The van der Waals surface area contributed by atoms with Gasteiger partial charge in [0, 0.05) is 17.8 Å². The van der Waals surface area contributed by atoms with Crippen molar-refractivity contribution >= 4 is 11.7 Å². The summed E-state index contributed by atoms with van der Waals surface area (Å²) in [4.78, 5) is 12.3. The van der Waals surface area contributed by atoms with Gasteiger partial charge in [0.15, 0.2) is 12.4 Å². The van der Waals surface area contributed by atoms with Gasteiger partial charge in [0.05, 0.1) is 6.54 Å². The number of halogens is 3. The van der Waals surface area contributed by atoms with Crippen LogP contribution >= 0.6 is 0 Å². The van der Waals surface area contributed by atoms with E-state index in [2.05, 4.69) is 15.2 Å². The maximum Gasteiger partial charge on any atom is 0.422 e. The van der Waals surface area contributed by atoms with Crippen molar-refractivity contribution in [2.45, 2.75) is 19.6 Å². The van der Waals surface area contributed by atoms with Crippen LogP contribution in [0.25, 0.3) is 0 Å². The van der Waals surface area contributed by atoms with Crippen molar-refractivity contribution in [3.63, 3.8) is 0 Å². The number of aromatic nitrogens is 2. The zero-order chi connectivity index (χ0) is 20.1. The zero-order valence-electron chi connectivity index (χ0n) is 15.0. The van der Waals surface area contributed by atoms with Crippen molar-refractivity contribution in [1.82, 2.24) is 9.78 Å². The molecule has 1 N–H and O–H groups in total. The molecule has 0 saturated heterocycles. The summed E-state index contributed by atoms with van der Waals surface area (Å²) in [5, 5.41) is 6.92. The van der Waals surface area contributed by atoms with Gasteiger partial charge in [-0.25, -0.2) is 0 Å². The molecule has 5 nitrogen and oxygen atoms in total. The normalized spacial score (nSPS) is 11.3. The Labute approximate surface area is 159 Å². The fourth-order valence-electron chi connectivity index (χ4n) is 2.59. The highest BCUT2D eigenvalue weighted by atomic mass is 19.4. The molecule has 3 rings (SSSR count). The predicted molar refractivity (Wildman–Crippen MR) is 98.5 cm³/mol. The first-order chi connectivity index (χ1) is 13.3. The molecule has 0 spiro atoms. The van der Waals surface area contributed by atoms with Crippen LogP contribution in [0.5, 0.6) is 5.75 Å². The molecule has 0 unspecified atom stereocenters. The quantitative estimate of drug-likeness (QED) is 0.678. The van der Waals surface area contributed by atoms with Gasteiger partial charge in [-0.1, -0.05) is 35.9 Å². The van der Waals surface area contributed by atoms with Crippen LogP contribution in [-0.2, 0) is 6.54 Å². The summed E-state index contributed by atoms with van der Waals surface area (Å²) >= 11 is 0.